The summed E-state index contributed by atoms with van der Waals surface area (Å²) in [6.07, 6.45) is -3.97. The average Bonchev–Trinajstić information content (AvgIpc) is 2.83. The van der Waals surface area contributed by atoms with Gasteiger partial charge in [0.05, 0.1) is 5.56 Å². The number of alkyl halides is 3. The molecule has 0 bridgehead atoms. The molecular formula is C14H11F3N4. The summed E-state index contributed by atoms with van der Waals surface area (Å²) in [7, 11) is 0. The van der Waals surface area contributed by atoms with Gasteiger partial charge in [0.25, 0.3) is 0 Å². The average molecular weight is 292 g/mol. The first kappa shape index (κ1) is 13.4. The number of nitrogen functional groups attached to an aromatic ring is 1. The number of nitrogens with two attached hydrogens (primary N) is 1. The number of hydrogen-bond acceptors (Lipinski definition) is 3. The number of nitrogens with zero attached hydrogens (tertiary/aromatic N) is 3. The highest BCUT2D eigenvalue weighted by molar-refractivity contribution is 5.48. The van der Waals surface area contributed by atoms with Crippen LogP contribution in [0.4, 0.5) is 19.0 Å². The van der Waals surface area contributed by atoms with E-state index in [9.17, 15) is 13.2 Å². The van der Waals surface area contributed by atoms with Crippen LogP contribution in [0.3, 0.4) is 0 Å². The molecular weight excluding hydrogens is 281 g/mol. The first-order valence-corrected chi connectivity index (χ1v) is 6.20. The zero-order valence-corrected chi connectivity index (χ0v) is 10.8. The molecule has 0 fully saturated rings. The van der Waals surface area contributed by atoms with Crippen LogP contribution in [0, 0.1) is 0 Å². The Bertz CT molecular complexity index is 775. The van der Waals surface area contributed by atoms with Crippen LogP contribution in [0.5, 0.6) is 0 Å². The van der Waals surface area contributed by atoms with E-state index in [1.165, 1.54) is 12.1 Å². The van der Waals surface area contributed by atoms with E-state index in [4.69, 9.17) is 5.73 Å². The maximum absolute atomic E-state index is 12.5. The molecule has 1 aromatic carbocycles. The second-order valence-corrected chi connectivity index (χ2v) is 4.63. The van der Waals surface area contributed by atoms with E-state index in [1.54, 1.807) is 22.6 Å². The van der Waals surface area contributed by atoms with Crippen LogP contribution >= 0.6 is 0 Å². The lowest BCUT2D eigenvalue weighted by molar-refractivity contribution is -0.137. The van der Waals surface area contributed by atoms with E-state index in [0.29, 0.717) is 29.3 Å². The number of hydrogen-bond donors (Lipinski definition) is 1. The Balaban J connectivity index is 1.92. The van der Waals surface area contributed by atoms with Crippen LogP contribution in [0.2, 0.25) is 0 Å². The lowest BCUT2D eigenvalue weighted by Gasteiger charge is -2.07. The number of rotatable bonds is 2. The Morgan fingerprint density at radius 1 is 1.00 bits per heavy atom. The molecule has 2 N–H and O–H groups in total. The molecule has 4 nitrogen and oxygen atoms in total. The van der Waals surface area contributed by atoms with Crippen molar-refractivity contribution in [2.24, 2.45) is 0 Å². The van der Waals surface area contributed by atoms with Gasteiger partial charge in [-0.15, -0.1) is 10.2 Å². The molecule has 0 amide bonds. The molecule has 3 aromatic rings. The topological polar surface area (TPSA) is 56.2 Å². The predicted octanol–water partition coefficient (Wildman–Crippen LogP) is 2.92. The van der Waals surface area contributed by atoms with Crippen molar-refractivity contribution in [1.29, 1.82) is 0 Å². The maximum atomic E-state index is 12.5. The Labute approximate surface area is 118 Å². The van der Waals surface area contributed by atoms with Crippen molar-refractivity contribution in [2.45, 2.75) is 12.6 Å². The molecule has 0 radical (unpaired) electrons. The van der Waals surface area contributed by atoms with Gasteiger partial charge >= 0.3 is 6.18 Å². The van der Waals surface area contributed by atoms with Crippen LogP contribution in [0.25, 0.3) is 5.65 Å². The minimum atomic E-state index is -4.33. The van der Waals surface area contributed by atoms with Gasteiger partial charge < -0.3 is 5.73 Å². The minimum Gasteiger partial charge on any atom is -0.385 e. The van der Waals surface area contributed by atoms with Gasteiger partial charge in [0.2, 0.25) is 0 Å². The zero-order chi connectivity index (χ0) is 15.0. The molecule has 3 rings (SSSR count). The number of aromatic nitrogens is 3. The van der Waals surface area contributed by atoms with Gasteiger partial charge in [-0.05, 0) is 29.8 Å². The summed E-state index contributed by atoms with van der Waals surface area (Å²) in [5.74, 6) is 1.07. The summed E-state index contributed by atoms with van der Waals surface area (Å²) < 4.78 is 39.2. The number of anilines is 1. The van der Waals surface area contributed by atoms with Crippen molar-refractivity contribution in [3.05, 3.63) is 59.4 Å². The van der Waals surface area contributed by atoms with Crippen LogP contribution in [-0.4, -0.2) is 14.6 Å². The van der Waals surface area contributed by atoms with Gasteiger partial charge in [-0.1, -0.05) is 18.2 Å². The fourth-order valence-corrected chi connectivity index (χ4v) is 2.14. The van der Waals surface area contributed by atoms with Gasteiger partial charge in [0.15, 0.2) is 5.65 Å². The quantitative estimate of drug-likeness (QED) is 0.790. The monoisotopic (exact) mass is 292 g/mol. The molecule has 0 saturated heterocycles. The first-order valence-electron chi connectivity index (χ1n) is 6.20. The highest BCUT2D eigenvalue weighted by atomic mass is 19.4. The van der Waals surface area contributed by atoms with Crippen LogP contribution in [0.15, 0.2) is 42.5 Å². The SMILES string of the molecule is Nc1cccc2nnc(Cc3ccc(C(F)(F)F)cc3)n12. The second kappa shape index (κ2) is 4.76. The molecule has 0 saturated carbocycles. The Hall–Kier alpha value is -2.57. The first-order chi connectivity index (χ1) is 9.95. The summed E-state index contributed by atoms with van der Waals surface area (Å²) in [4.78, 5) is 0. The number of benzene rings is 1. The molecule has 0 atom stereocenters. The summed E-state index contributed by atoms with van der Waals surface area (Å²) in [5, 5.41) is 8.02. The molecule has 7 heteroatoms. The zero-order valence-electron chi connectivity index (χ0n) is 10.8. The van der Waals surface area contributed by atoms with Crippen molar-refractivity contribution in [3.8, 4) is 0 Å². The lowest BCUT2D eigenvalue weighted by Crippen LogP contribution is -2.05. The van der Waals surface area contributed by atoms with Gasteiger partial charge in [-0.3, -0.25) is 4.40 Å². The Morgan fingerprint density at radius 2 is 1.71 bits per heavy atom. The van der Waals surface area contributed by atoms with Gasteiger partial charge in [0, 0.05) is 6.42 Å². The molecule has 0 aliphatic rings. The fourth-order valence-electron chi connectivity index (χ4n) is 2.14. The number of halogens is 3. The van der Waals surface area contributed by atoms with Crippen LogP contribution in [0.1, 0.15) is 17.0 Å². The summed E-state index contributed by atoms with van der Waals surface area (Å²) >= 11 is 0. The maximum Gasteiger partial charge on any atom is 0.416 e. The molecule has 0 unspecified atom stereocenters. The second-order valence-electron chi connectivity index (χ2n) is 4.63. The lowest BCUT2D eigenvalue weighted by atomic mass is 10.1. The third-order valence-corrected chi connectivity index (χ3v) is 3.17. The molecule has 2 heterocycles. The van der Waals surface area contributed by atoms with Gasteiger partial charge in [-0.2, -0.15) is 13.2 Å². The summed E-state index contributed by atoms with van der Waals surface area (Å²) in [6.45, 7) is 0. The molecule has 0 spiro atoms. The van der Waals surface area contributed by atoms with Crippen molar-refractivity contribution in [3.63, 3.8) is 0 Å². The molecule has 0 aliphatic carbocycles. The molecule has 21 heavy (non-hydrogen) atoms. The minimum absolute atomic E-state index is 0.355. The standard InChI is InChI=1S/C14H11F3N4/c15-14(16,17)10-6-4-9(5-7-10)8-13-20-19-12-3-1-2-11(18)21(12)13/h1-7H,8,18H2. The Kier molecular flexibility index (Phi) is 3.04. The Morgan fingerprint density at radius 3 is 2.38 bits per heavy atom. The van der Waals surface area contributed by atoms with E-state index in [2.05, 4.69) is 10.2 Å². The fraction of sp³-hybridized carbons (Fsp3) is 0.143. The van der Waals surface area contributed by atoms with Crippen molar-refractivity contribution in [2.75, 3.05) is 5.73 Å². The largest absolute Gasteiger partial charge is 0.416 e. The third kappa shape index (κ3) is 2.54. The highest BCUT2D eigenvalue weighted by Gasteiger charge is 2.29. The van der Waals surface area contributed by atoms with Crippen molar-refractivity contribution in [1.82, 2.24) is 14.6 Å². The van der Waals surface area contributed by atoms with E-state index in [1.807, 2.05) is 0 Å². The van der Waals surface area contributed by atoms with Crippen molar-refractivity contribution < 1.29 is 13.2 Å². The summed E-state index contributed by atoms with van der Waals surface area (Å²) in [6, 6.07) is 10.2. The smallest absolute Gasteiger partial charge is 0.385 e. The van der Waals surface area contributed by atoms with Gasteiger partial charge in [-0.25, -0.2) is 0 Å². The van der Waals surface area contributed by atoms with E-state index < -0.39 is 11.7 Å². The van der Waals surface area contributed by atoms with E-state index in [-0.39, 0.29) is 0 Å². The number of fused-ring (bicyclic) bond motifs is 1. The van der Waals surface area contributed by atoms with E-state index in [0.717, 1.165) is 12.1 Å². The summed E-state index contributed by atoms with van der Waals surface area (Å²) in [5.41, 5.74) is 6.52. The van der Waals surface area contributed by atoms with E-state index >= 15 is 0 Å². The molecule has 108 valence electrons. The van der Waals surface area contributed by atoms with Gasteiger partial charge in [0.1, 0.15) is 11.6 Å². The third-order valence-electron chi connectivity index (χ3n) is 3.17. The van der Waals surface area contributed by atoms with Crippen LogP contribution < -0.4 is 5.73 Å². The molecule has 0 aliphatic heterocycles. The van der Waals surface area contributed by atoms with Crippen molar-refractivity contribution >= 4 is 11.5 Å². The molecule has 2 aromatic heterocycles. The van der Waals surface area contributed by atoms with Crippen LogP contribution in [-0.2, 0) is 12.6 Å². The normalized spacial score (nSPS) is 12.0. The predicted molar refractivity (Wildman–Crippen MR) is 71.6 cm³/mol. The highest BCUT2D eigenvalue weighted by Crippen LogP contribution is 2.29. The number of pyridine rings is 1.